The molecule has 0 aliphatic heterocycles. The van der Waals surface area contributed by atoms with Gasteiger partial charge < -0.3 is 9.67 Å². The summed E-state index contributed by atoms with van der Waals surface area (Å²) < 4.78 is 3.81. The minimum absolute atomic E-state index is 0.292. The molecule has 0 atom stereocenters. The van der Waals surface area contributed by atoms with Crippen LogP contribution in [0.2, 0.25) is 0 Å². The molecule has 6 heteroatoms. The van der Waals surface area contributed by atoms with E-state index in [0.717, 1.165) is 17.8 Å². The Morgan fingerprint density at radius 3 is 2.81 bits per heavy atom. The standard InChI is InChI=1S/C15H16N4O2/c1-2-13-17-12-6-3-5-11(15(20)21)14(12)19(13)10-9-18-8-4-7-16-18/h3-8H,2,9-10H2,1H3,(H,20,21). The Morgan fingerprint density at radius 2 is 2.14 bits per heavy atom. The average molecular weight is 284 g/mol. The summed E-state index contributed by atoms with van der Waals surface area (Å²) in [6, 6.07) is 7.08. The zero-order chi connectivity index (χ0) is 14.8. The van der Waals surface area contributed by atoms with Crippen LogP contribution in [-0.2, 0) is 19.5 Å². The SMILES string of the molecule is CCc1nc2cccc(C(=O)O)c2n1CCn1cccn1. The van der Waals surface area contributed by atoms with Crippen molar-refractivity contribution in [1.29, 1.82) is 0 Å². The van der Waals surface area contributed by atoms with Crippen molar-refractivity contribution >= 4 is 17.0 Å². The van der Waals surface area contributed by atoms with Crippen LogP contribution in [0.4, 0.5) is 0 Å². The average Bonchev–Trinajstić information content (AvgIpc) is 3.11. The van der Waals surface area contributed by atoms with Crippen LogP contribution >= 0.6 is 0 Å². The van der Waals surface area contributed by atoms with Gasteiger partial charge >= 0.3 is 5.97 Å². The molecule has 0 saturated heterocycles. The van der Waals surface area contributed by atoms with Gasteiger partial charge in [-0.15, -0.1) is 0 Å². The number of fused-ring (bicyclic) bond motifs is 1. The number of benzene rings is 1. The molecular weight excluding hydrogens is 268 g/mol. The fraction of sp³-hybridized carbons (Fsp3) is 0.267. The highest BCUT2D eigenvalue weighted by atomic mass is 16.4. The van der Waals surface area contributed by atoms with Gasteiger partial charge in [0.1, 0.15) is 5.82 Å². The van der Waals surface area contributed by atoms with Crippen molar-refractivity contribution in [2.75, 3.05) is 0 Å². The number of hydrogen-bond donors (Lipinski definition) is 1. The summed E-state index contributed by atoms with van der Waals surface area (Å²) in [6.45, 7) is 3.34. The Labute approximate surface area is 121 Å². The first kappa shape index (κ1) is 13.4. The molecule has 1 aromatic carbocycles. The van der Waals surface area contributed by atoms with Gasteiger partial charge in [0.05, 0.1) is 23.1 Å². The van der Waals surface area contributed by atoms with E-state index in [-0.39, 0.29) is 0 Å². The van der Waals surface area contributed by atoms with Crippen LogP contribution in [0.1, 0.15) is 23.1 Å². The lowest BCUT2D eigenvalue weighted by atomic mass is 10.2. The molecule has 0 bridgehead atoms. The van der Waals surface area contributed by atoms with Gasteiger partial charge in [-0.2, -0.15) is 5.10 Å². The molecule has 0 spiro atoms. The van der Waals surface area contributed by atoms with Crippen molar-refractivity contribution in [2.24, 2.45) is 0 Å². The van der Waals surface area contributed by atoms with Crippen molar-refractivity contribution in [3.8, 4) is 0 Å². The Kier molecular flexibility index (Phi) is 3.43. The number of aromatic carboxylic acids is 1. The number of para-hydroxylation sites is 1. The van der Waals surface area contributed by atoms with E-state index in [9.17, 15) is 9.90 Å². The van der Waals surface area contributed by atoms with Crippen molar-refractivity contribution in [3.63, 3.8) is 0 Å². The molecule has 0 fully saturated rings. The molecule has 0 amide bonds. The first-order valence-corrected chi connectivity index (χ1v) is 6.89. The maximum atomic E-state index is 11.4. The minimum atomic E-state index is -0.927. The van der Waals surface area contributed by atoms with Crippen molar-refractivity contribution in [1.82, 2.24) is 19.3 Å². The third-order valence-corrected chi connectivity index (χ3v) is 3.50. The predicted octanol–water partition coefficient (Wildman–Crippen LogP) is 2.19. The number of hydrogen-bond acceptors (Lipinski definition) is 3. The van der Waals surface area contributed by atoms with Crippen molar-refractivity contribution in [3.05, 3.63) is 48.0 Å². The first-order valence-electron chi connectivity index (χ1n) is 6.89. The zero-order valence-corrected chi connectivity index (χ0v) is 11.7. The lowest BCUT2D eigenvalue weighted by Crippen LogP contribution is -2.12. The second-order valence-electron chi connectivity index (χ2n) is 4.78. The van der Waals surface area contributed by atoms with E-state index >= 15 is 0 Å². The molecule has 3 aromatic rings. The van der Waals surface area contributed by atoms with E-state index in [2.05, 4.69) is 10.1 Å². The molecule has 1 N–H and O–H groups in total. The molecule has 108 valence electrons. The Hall–Kier alpha value is -2.63. The quantitative estimate of drug-likeness (QED) is 0.779. The van der Waals surface area contributed by atoms with Gasteiger partial charge in [0, 0.05) is 25.4 Å². The summed E-state index contributed by atoms with van der Waals surface area (Å²) in [5.41, 5.74) is 1.71. The van der Waals surface area contributed by atoms with Gasteiger partial charge in [0.25, 0.3) is 0 Å². The number of aryl methyl sites for hydroxylation is 3. The van der Waals surface area contributed by atoms with Crippen LogP contribution in [-0.4, -0.2) is 30.4 Å². The predicted molar refractivity (Wildman–Crippen MR) is 78.3 cm³/mol. The van der Waals surface area contributed by atoms with Crippen molar-refractivity contribution in [2.45, 2.75) is 26.4 Å². The molecule has 21 heavy (non-hydrogen) atoms. The molecule has 0 aliphatic carbocycles. The monoisotopic (exact) mass is 284 g/mol. The molecule has 2 heterocycles. The fourth-order valence-electron chi connectivity index (χ4n) is 2.55. The van der Waals surface area contributed by atoms with Gasteiger partial charge in [0.2, 0.25) is 0 Å². The van der Waals surface area contributed by atoms with Gasteiger partial charge in [0.15, 0.2) is 0 Å². The second kappa shape index (κ2) is 5.40. The number of rotatable bonds is 5. The molecule has 2 aromatic heterocycles. The first-order chi connectivity index (χ1) is 10.2. The second-order valence-corrected chi connectivity index (χ2v) is 4.78. The van der Waals surface area contributed by atoms with Crippen LogP contribution in [0, 0.1) is 0 Å². The Bertz CT molecular complexity index is 774. The highest BCUT2D eigenvalue weighted by Crippen LogP contribution is 2.21. The van der Waals surface area contributed by atoms with Gasteiger partial charge in [-0.1, -0.05) is 13.0 Å². The highest BCUT2D eigenvalue weighted by Gasteiger charge is 2.16. The normalized spacial score (nSPS) is 11.1. The van der Waals surface area contributed by atoms with E-state index in [4.69, 9.17) is 0 Å². The maximum Gasteiger partial charge on any atom is 0.337 e. The van der Waals surface area contributed by atoms with Crippen molar-refractivity contribution < 1.29 is 9.90 Å². The van der Waals surface area contributed by atoms with Crippen LogP contribution in [0.25, 0.3) is 11.0 Å². The van der Waals surface area contributed by atoms with Gasteiger partial charge in [-0.3, -0.25) is 4.68 Å². The summed E-state index contributed by atoms with van der Waals surface area (Å²) in [7, 11) is 0. The van der Waals surface area contributed by atoms with E-state index in [1.54, 1.807) is 18.3 Å². The number of carboxylic acid groups (broad SMARTS) is 1. The topological polar surface area (TPSA) is 72.9 Å². The van der Waals surface area contributed by atoms with Crippen LogP contribution in [0.5, 0.6) is 0 Å². The maximum absolute atomic E-state index is 11.4. The third kappa shape index (κ3) is 2.40. The van der Waals surface area contributed by atoms with Gasteiger partial charge in [-0.05, 0) is 18.2 Å². The molecule has 0 unspecified atom stereocenters. The number of imidazole rings is 1. The fourth-order valence-corrected chi connectivity index (χ4v) is 2.55. The lowest BCUT2D eigenvalue weighted by molar-refractivity contribution is 0.0698. The smallest absolute Gasteiger partial charge is 0.337 e. The molecule has 3 rings (SSSR count). The molecule has 0 radical (unpaired) electrons. The summed E-state index contributed by atoms with van der Waals surface area (Å²) in [5, 5.41) is 13.6. The largest absolute Gasteiger partial charge is 0.478 e. The van der Waals surface area contributed by atoms with Crippen LogP contribution in [0.3, 0.4) is 0 Å². The number of nitrogens with zero attached hydrogens (tertiary/aromatic N) is 4. The van der Waals surface area contributed by atoms with Gasteiger partial charge in [-0.25, -0.2) is 9.78 Å². The number of aromatic nitrogens is 4. The summed E-state index contributed by atoms with van der Waals surface area (Å²) in [5.74, 6) is -0.0330. The number of carboxylic acids is 1. The van der Waals surface area contributed by atoms with E-state index in [1.165, 1.54) is 0 Å². The van der Waals surface area contributed by atoms with E-state index in [0.29, 0.717) is 24.2 Å². The highest BCUT2D eigenvalue weighted by molar-refractivity contribution is 6.01. The summed E-state index contributed by atoms with van der Waals surface area (Å²) >= 11 is 0. The lowest BCUT2D eigenvalue weighted by Gasteiger charge is -2.09. The third-order valence-electron chi connectivity index (χ3n) is 3.50. The summed E-state index contributed by atoms with van der Waals surface area (Å²) in [6.07, 6.45) is 4.38. The summed E-state index contributed by atoms with van der Waals surface area (Å²) in [4.78, 5) is 16.0. The molecular formula is C15H16N4O2. The zero-order valence-electron chi connectivity index (χ0n) is 11.7. The molecule has 0 aliphatic rings. The molecule has 6 nitrogen and oxygen atoms in total. The Balaban J connectivity index is 2.07. The van der Waals surface area contributed by atoms with E-state index < -0.39 is 5.97 Å². The molecule has 0 saturated carbocycles. The van der Waals surface area contributed by atoms with Crippen LogP contribution < -0.4 is 0 Å². The van der Waals surface area contributed by atoms with E-state index in [1.807, 2.05) is 34.5 Å². The minimum Gasteiger partial charge on any atom is -0.478 e. The Morgan fingerprint density at radius 1 is 1.29 bits per heavy atom. The number of carbonyl (C=O) groups is 1. The van der Waals surface area contributed by atoms with Crippen LogP contribution in [0.15, 0.2) is 36.7 Å².